The topological polar surface area (TPSA) is 72.4 Å². The summed E-state index contributed by atoms with van der Waals surface area (Å²) in [6, 6.07) is -0.0918. The average molecular weight is 185 g/mol. The summed E-state index contributed by atoms with van der Waals surface area (Å²) in [6.07, 6.45) is 1.58. The van der Waals surface area contributed by atoms with Crippen molar-refractivity contribution in [1.82, 2.24) is 4.90 Å². The van der Waals surface area contributed by atoms with Gasteiger partial charge in [0.1, 0.15) is 0 Å². The monoisotopic (exact) mass is 185 g/mol. The van der Waals surface area contributed by atoms with Crippen molar-refractivity contribution in [2.24, 2.45) is 11.5 Å². The third-order valence-corrected chi connectivity index (χ3v) is 2.85. The lowest BCUT2D eigenvalue weighted by Crippen LogP contribution is -2.47. The van der Waals surface area contributed by atoms with Crippen LogP contribution in [0.1, 0.15) is 26.7 Å². The molecule has 13 heavy (non-hydrogen) atoms. The van der Waals surface area contributed by atoms with Gasteiger partial charge in [0.2, 0.25) is 5.91 Å². The molecule has 0 saturated carbocycles. The van der Waals surface area contributed by atoms with Crippen LogP contribution in [0.5, 0.6) is 0 Å². The Hall–Kier alpha value is -0.610. The molecule has 2 unspecified atom stereocenters. The van der Waals surface area contributed by atoms with Gasteiger partial charge in [-0.3, -0.25) is 4.79 Å². The normalized spacial score (nSPS) is 30.6. The van der Waals surface area contributed by atoms with Gasteiger partial charge < -0.3 is 16.4 Å². The van der Waals surface area contributed by atoms with E-state index in [1.54, 1.807) is 4.90 Å². The molecule has 1 aliphatic rings. The zero-order chi connectivity index (χ0) is 10.0. The second kappa shape index (κ2) is 4.07. The number of hydrogen-bond acceptors (Lipinski definition) is 3. The molecule has 0 radical (unpaired) electrons. The lowest BCUT2D eigenvalue weighted by atomic mass is 10.1. The van der Waals surface area contributed by atoms with Crippen molar-refractivity contribution in [2.75, 3.05) is 6.54 Å². The van der Waals surface area contributed by atoms with E-state index in [2.05, 4.69) is 0 Å². The molecule has 0 spiro atoms. The lowest BCUT2D eigenvalue weighted by Gasteiger charge is -2.25. The molecule has 0 aromatic rings. The number of amides is 1. The number of rotatable bonds is 2. The van der Waals surface area contributed by atoms with Crippen LogP contribution in [0.4, 0.5) is 0 Å². The van der Waals surface area contributed by atoms with Gasteiger partial charge in [-0.25, -0.2) is 0 Å². The number of carbonyl (C=O) groups excluding carboxylic acids is 1. The molecule has 76 valence electrons. The number of hydrogen-bond donors (Lipinski definition) is 2. The SMILES string of the molecule is CC[C@@H](N)C(=O)N1CCC(N)C1C. The van der Waals surface area contributed by atoms with Crippen molar-refractivity contribution in [2.45, 2.75) is 44.8 Å². The van der Waals surface area contributed by atoms with Crippen LogP contribution in [0.3, 0.4) is 0 Å². The van der Waals surface area contributed by atoms with E-state index in [0.29, 0.717) is 6.42 Å². The van der Waals surface area contributed by atoms with Crippen LogP contribution in [-0.4, -0.2) is 35.5 Å². The molecule has 0 aromatic heterocycles. The molecule has 4 heteroatoms. The fourth-order valence-electron chi connectivity index (χ4n) is 1.66. The minimum Gasteiger partial charge on any atom is -0.337 e. The molecule has 1 saturated heterocycles. The smallest absolute Gasteiger partial charge is 0.239 e. The number of nitrogens with zero attached hydrogens (tertiary/aromatic N) is 1. The van der Waals surface area contributed by atoms with Gasteiger partial charge >= 0.3 is 0 Å². The van der Waals surface area contributed by atoms with Crippen molar-refractivity contribution >= 4 is 5.91 Å². The van der Waals surface area contributed by atoms with E-state index < -0.39 is 0 Å². The molecule has 1 amide bonds. The summed E-state index contributed by atoms with van der Waals surface area (Å²) in [4.78, 5) is 13.5. The molecule has 4 nitrogen and oxygen atoms in total. The Morgan fingerprint density at radius 3 is 2.69 bits per heavy atom. The first-order valence-corrected chi connectivity index (χ1v) is 4.89. The van der Waals surface area contributed by atoms with E-state index in [0.717, 1.165) is 13.0 Å². The van der Waals surface area contributed by atoms with Crippen LogP contribution in [0.25, 0.3) is 0 Å². The highest BCUT2D eigenvalue weighted by Gasteiger charge is 2.32. The van der Waals surface area contributed by atoms with Crippen LogP contribution in [0, 0.1) is 0 Å². The molecule has 1 aliphatic heterocycles. The standard InChI is InChI=1S/C9H19N3O/c1-3-7(10)9(13)12-5-4-8(11)6(12)2/h6-8H,3-5,10-11H2,1-2H3/t6?,7-,8?/m1/s1. The Morgan fingerprint density at radius 1 is 1.69 bits per heavy atom. The minimum atomic E-state index is -0.354. The summed E-state index contributed by atoms with van der Waals surface area (Å²) in [5, 5.41) is 0. The number of carbonyl (C=O) groups is 1. The van der Waals surface area contributed by atoms with Crippen molar-refractivity contribution < 1.29 is 4.79 Å². The molecule has 1 heterocycles. The highest BCUT2D eigenvalue weighted by atomic mass is 16.2. The van der Waals surface area contributed by atoms with E-state index in [1.165, 1.54) is 0 Å². The first-order valence-electron chi connectivity index (χ1n) is 4.89. The summed E-state index contributed by atoms with van der Waals surface area (Å²) in [6.45, 7) is 4.66. The van der Waals surface area contributed by atoms with Crippen molar-refractivity contribution in [3.63, 3.8) is 0 Å². The third-order valence-electron chi connectivity index (χ3n) is 2.85. The Bertz CT molecular complexity index is 195. The minimum absolute atomic E-state index is 0.0444. The zero-order valence-electron chi connectivity index (χ0n) is 8.36. The average Bonchev–Trinajstić information content (AvgIpc) is 2.45. The Morgan fingerprint density at radius 2 is 2.31 bits per heavy atom. The maximum Gasteiger partial charge on any atom is 0.239 e. The molecule has 1 rings (SSSR count). The summed E-state index contributed by atoms with van der Waals surface area (Å²) >= 11 is 0. The Kier molecular flexibility index (Phi) is 3.27. The van der Waals surface area contributed by atoms with E-state index >= 15 is 0 Å². The summed E-state index contributed by atoms with van der Waals surface area (Å²) < 4.78 is 0. The highest BCUT2D eigenvalue weighted by molar-refractivity contribution is 5.82. The van der Waals surface area contributed by atoms with Crippen LogP contribution in [0.2, 0.25) is 0 Å². The molecular formula is C9H19N3O. The maximum absolute atomic E-state index is 11.7. The molecule has 3 atom stereocenters. The van der Waals surface area contributed by atoms with Crippen molar-refractivity contribution in [1.29, 1.82) is 0 Å². The Balaban J connectivity index is 2.58. The van der Waals surface area contributed by atoms with Crippen molar-refractivity contribution in [3.05, 3.63) is 0 Å². The first-order chi connectivity index (χ1) is 6.07. The van der Waals surface area contributed by atoms with Gasteiger partial charge in [-0.1, -0.05) is 6.92 Å². The van der Waals surface area contributed by atoms with E-state index in [-0.39, 0.29) is 24.0 Å². The molecule has 4 N–H and O–H groups in total. The van der Waals surface area contributed by atoms with Gasteiger partial charge in [-0.05, 0) is 19.8 Å². The van der Waals surface area contributed by atoms with Gasteiger partial charge in [0.15, 0.2) is 0 Å². The predicted molar refractivity (Wildman–Crippen MR) is 52.0 cm³/mol. The number of likely N-dealkylation sites (tertiary alicyclic amines) is 1. The first kappa shape index (κ1) is 10.5. The van der Waals surface area contributed by atoms with Crippen LogP contribution in [0.15, 0.2) is 0 Å². The number of nitrogens with two attached hydrogens (primary N) is 2. The molecule has 0 bridgehead atoms. The summed E-state index contributed by atoms with van der Waals surface area (Å²) in [5.41, 5.74) is 11.5. The summed E-state index contributed by atoms with van der Waals surface area (Å²) in [7, 11) is 0. The molecule has 0 aromatic carbocycles. The van der Waals surface area contributed by atoms with Crippen molar-refractivity contribution in [3.8, 4) is 0 Å². The highest BCUT2D eigenvalue weighted by Crippen LogP contribution is 2.16. The lowest BCUT2D eigenvalue weighted by molar-refractivity contribution is -0.133. The van der Waals surface area contributed by atoms with Crippen LogP contribution in [-0.2, 0) is 4.79 Å². The van der Waals surface area contributed by atoms with Crippen LogP contribution < -0.4 is 11.5 Å². The van der Waals surface area contributed by atoms with Crippen LogP contribution >= 0.6 is 0 Å². The van der Waals surface area contributed by atoms with E-state index in [9.17, 15) is 4.79 Å². The third kappa shape index (κ3) is 2.00. The summed E-state index contributed by atoms with van der Waals surface area (Å²) in [5.74, 6) is 0.0444. The van der Waals surface area contributed by atoms with Gasteiger partial charge in [0, 0.05) is 18.6 Å². The fourth-order valence-corrected chi connectivity index (χ4v) is 1.66. The van der Waals surface area contributed by atoms with Gasteiger partial charge in [-0.2, -0.15) is 0 Å². The van der Waals surface area contributed by atoms with Gasteiger partial charge in [0.05, 0.1) is 6.04 Å². The molecule has 0 aliphatic carbocycles. The second-order valence-corrected chi connectivity index (χ2v) is 3.74. The molecular weight excluding hydrogens is 166 g/mol. The largest absolute Gasteiger partial charge is 0.337 e. The van der Waals surface area contributed by atoms with E-state index in [1.807, 2.05) is 13.8 Å². The maximum atomic E-state index is 11.7. The molecule has 1 fully saturated rings. The van der Waals surface area contributed by atoms with Gasteiger partial charge in [-0.15, -0.1) is 0 Å². The fraction of sp³-hybridized carbons (Fsp3) is 0.889. The quantitative estimate of drug-likeness (QED) is 0.619. The van der Waals surface area contributed by atoms with Gasteiger partial charge in [0.25, 0.3) is 0 Å². The van der Waals surface area contributed by atoms with E-state index in [4.69, 9.17) is 11.5 Å². The second-order valence-electron chi connectivity index (χ2n) is 3.74. The zero-order valence-corrected chi connectivity index (χ0v) is 8.36. The predicted octanol–water partition coefficient (Wildman–Crippen LogP) is -0.328. The Labute approximate surface area is 79.3 Å².